The third-order valence-electron chi connectivity index (χ3n) is 3.82. The van der Waals surface area contributed by atoms with Crippen LogP contribution in [0.15, 0.2) is 0 Å². The van der Waals surface area contributed by atoms with Crippen molar-refractivity contribution >= 4 is 0 Å². The van der Waals surface area contributed by atoms with Gasteiger partial charge in [-0.25, -0.2) is 0 Å². The Morgan fingerprint density at radius 2 is 2.06 bits per heavy atom. The van der Waals surface area contributed by atoms with Crippen molar-refractivity contribution in [3.05, 3.63) is 0 Å². The third-order valence-corrected chi connectivity index (χ3v) is 3.82. The smallest absolute Gasteiger partial charge is 0.0753 e. The second-order valence-corrected chi connectivity index (χ2v) is 5.67. The van der Waals surface area contributed by atoms with Crippen LogP contribution in [-0.2, 0) is 4.74 Å². The second kappa shape index (κ2) is 4.73. The molecule has 0 N–H and O–H groups in total. The van der Waals surface area contributed by atoms with E-state index in [0.717, 1.165) is 26.1 Å². The molecular formula is C13H22N2O. The first kappa shape index (κ1) is 11.9. The topological polar surface area (TPSA) is 36.3 Å². The molecule has 0 spiro atoms. The average Bonchev–Trinajstić information content (AvgIpc) is 2.27. The summed E-state index contributed by atoms with van der Waals surface area (Å²) in [5.41, 5.74) is -0.0459. The summed E-state index contributed by atoms with van der Waals surface area (Å²) < 4.78 is 5.73. The Labute approximate surface area is 98.4 Å². The van der Waals surface area contributed by atoms with Crippen molar-refractivity contribution in [1.29, 1.82) is 5.26 Å². The molecule has 0 aromatic heterocycles. The fourth-order valence-corrected chi connectivity index (χ4v) is 3.04. The van der Waals surface area contributed by atoms with E-state index in [-0.39, 0.29) is 11.5 Å². The standard InChI is InChI=1S/C13H22N2O/c1-13(2)10-15(7-8-16-13)12-6-4-3-5-11(12)9-14/h11-12H,3-8,10H2,1-2H3. The van der Waals surface area contributed by atoms with Crippen LogP contribution in [0.3, 0.4) is 0 Å². The minimum Gasteiger partial charge on any atom is -0.373 e. The van der Waals surface area contributed by atoms with Gasteiger partial charge in [-0.3, -0.25) is 4.90 Å². The second-order valence-electron chi connectivity index (χ2n) is 5.67. The van der Waals surface area contributed by atoms with E-state index >= 15 is 0 Å². The summed E-state index contributed by atoms with van der Waals surface area (Å²) in [7, 11) is 0. The van der Waals surface area contributed by atoms with Crippen molar-refractivity contribution in [3.63, 3.8) is 0 Å². The zero-order valence-corrected chi connectivity index (χ0v) is 10.4. The van der Waals surface area contributed by atoms with Crippen molar-refractivity contribution in [2.75, 3.05) is 19.7 Å². The van der Waals surface area contributed by atoms with Gasteiger partial charge < -0.3 is 4.74 Å². The van der Waals surface area contributed by atoms with Gasteiger partial charge in [-0.2, -0.15) is 5.26 Å². The minimum atomic E-state index is -0.0459. The highest BCUT2D eigenvalue weighted by atomic mass is 16.5. The average molecular weight is 222 g/mol. The molecule has 1 heterocycles. The molecule has 2 rings (SSSR count). The number of hydrogen-bond acceptors (Lipinski definition) is 3. The van der Waals surface area contributed by atoms with Crippen molar-refractivity contribution in [1.82, 2.24) is 4.90 Å². The predicted molar refractivity (Wildman–Crippen MR) is 63.0 cm³/mol. The number of nitrogens with zero attached hydrogens (tertiary/aromatic N) is 2. The van der Waals surface area contributed by atoms with Gasteiger partial charge in [0.15, 0.2) is 0 Å². The predicted octanol–water partition coefficient (Wildman–Crippen LogP) is 2.18. The van der Waals surface area contributed by atoms with Gasteiger partial charge in [0, 0.05) is 19.1 Å². The van der Waals surface area contributed by atoms with Crippen LogP contribution in [0.4, 0.5) is 0 Å². The van der Waals surface area contributed by atoms with Gasteiger partial charge in [0.05, 0.1) is 24.2 Å². The van der Waals surface area contributed by atoms with Crippen LogP contribution >= 0.6 is 0 Å². The lowest BCUT2D eigenvalue weighted by Gasteiger charge is -2.44. The Balaban J connectivity index is 2.02. The van der Waals surface area contributed by atoms with E-state index in [1.807, 2.05) is 0 Å². The van der Waals surface area contributed by atoms with E-state index in [1.54, 1.807) is 0 Å². The zero-order chi connectivity index (χ0) is 11.6. The molecule has 2 unspecified atom stereocenters. The highest BCUT2D eigenvalue weighted by molar-refractivity contribution is 4.97. The van der Waals surface area contributed by atoms with Gasteiger partial charge >= 0.3 is 0 Å². The first-order chi connectivity index (χ1) is 7.62. The number of morpholine rings is 1. The van der Waals surface area contributed by atoms with Crippen molar-refractivity contribution in [2.45, 2.75) is 51.2 Å². The van der Waals surface area contributed by atoms with Crippen LogP contribution < -0.4 is 0 Å². The summed E-state index contributed by atoms with van der Waals surface area (Å²) >= 11 is 0. The van der Waals surface area contributed by atoms with Crippen molar-refractivity contribution in [2.24, 2.45) is 5.92 Å². The third kappa shape index (κ3) is 2.56. The van der Waals surface area contributed by atoms with Crippen LogP contribution in [0.25, 0.3) is 0 Å². The molecule has 90 valence electrons. The summed E-state index contributed by atoms with van der Waals surface area (Å²) in [6.45, 7) is 7.05. The lowest BCUT2D eigenvalue weighted by Crippen LogP contribution is -2.54. The van der Waals surface area contributed by atoms with E-state index in [9.17, 15) is 5.26 Å². The van der Waals surface area contributed by atoms with Gasteiger partial charge in [0.25, 0.3) is 0 Å². The minimum absolute atomic E-state index is 0.0459. The highest BCUT2D eigenvalue weighted by Crippen LogP contribution is 2.30. The van der Waals surface area contributed by atoms with Crippen LogP contribution in [0, 0.1) is 17.2 Å². The normalized spacial score (nSPS) is 35.6. The Morgan fingerprint density at radius 3 is 2.75 bits per heavy atom. The lowest BCUT2D eigenvalue weighted by atomic mass is 9.83. The Hall–Kier alpha value is -0.590. The van der Waals surface area contributed by atoms with E-state index in [1.165, 1.54) is 19.3 Å². The van der Waals surface area contributed by atoms with E-state index < -0.39 is 0 Å². The molecule has 2 aliphatic rings. The summed E-state index contributed by atoms with van der Waals surface area (Å²) in [5.74, 6) is 0.239. The van der Waals surface area contributed by atoms with Gasteiger partial charge in [-0.15, -0.1) is 0 Å². The maximum absolute atomic E-state index is 9.21. The van der Waals surface area contributed by atoms with Crippen LogP contribution in [0.2, 0.25) is 0 Å². The molecule has 1 aliphatic heterocycles. The molecule has 1 aliphatic carbocycles. The molecule has 2 fully saturated rings. The Bertz CT molecular complexity index is 282. The summed E-state index contributed by atoms with van der Waals surface area (Å²) in [6.07, 6.45) is 4.77. The van der Waals surface area contributed by atoms with Crippen LogP contribution in [-0.4, -0.2) is 36.2 Å². The molecule has 1 saturated carbocycles. The fraction of sp³-hybridized carbons (Fsp3) is 0.923. The van der Waals surface area contributed by atoms with Crippen LogP contribution in [0.1, 0.15) is 39.5 Å². The van der Waals surface area contributed by atoms with Gasteiger partial charge in [0.2, 0.25) is 0 Å². The van der Waals surface area contributed by atoms with E-state index in [4.69, 9.17) is 4.74 Å². The number of nitriles is 1. The van der Waals surface area contributed by atoms with Gasteiger partial charge in [0.1, 0.15) is 0 Å². The molecular weight excluding hydrogens is 200 g/mol. The Morgan fingerprint density at radius 1 is 1.31 bits per heavy atom. The number of ether oxygens (including phenoxy) is 1. The molecule has 16 heavy (non-hydrogen) atoms. The maximum Gasteiger partial charge on any atom is 0.0753 e. The molecule has 0 bridgehead atoms. The highest BCUT2D eigenvalue weighted by Gasteiger charge is 2.35. The Kier molecular flexibility index (Phi) is 3.51. The van der Waals surface area contributed by atoms with E-state index in [0.29, 0.717) is 6.04 Å². The van der Waals surface area contributed by atoms with Gasteiger partial charge in [-0.05, 0) is 26.7 Å². The SMILES string of the molecule is CC1(C)CN(C2CCCCC2C#N)CCO1. The summed E-state index contributed by atoms with van der Waals surface area (Å²) in [6, 6.07) is 2.97. The van der Waals surface area contributed by atoms with Crippen LogP contribution in [0.5, 0.6) is 0 Å². The quantitative estimate of drug-likeness (QED) is 0.682. The van der Waals surface area contributed by atoms with Crippen molar-refractivity contribution < 1.29 is 4.74 Å². The first-order valence-electron chi connectivity index (χ1n) is 6.40. The number of hydrogen-bond donors (Lipinski definition) is 0. The lowest BCUT2D eigenvalue weighted by molar-refractivity contribution is -0.104. The first-order valence-corrected chi connectivity index (χ1v) is 6.40. The molecule has 3 nitrogen and oxygen atoms in total. The summed E-state index contributed by atoms with van der Waals surface area (Å²) in [5, 5.41) is 9.21. The molecule has 0 aromatic rings. The largest absolute Gasteiger partial charge is 0.373 e. The molecule has 0 amide bonds. The van der Waals surface area contributed by atoms with E-state index in [2.05, 4.69) is 24.8 Å². The molecule has 2 atom stereocenters. The summed E-state index contributed by atoms with van der Waals surface area (Å²) in [4.78, 5) is 2.48. The molecule has 0 aromatic carbocycles. The maximum atomic E-state index is 9.21. The number of rotatable bonds is 1. The molecule has 0 radical (unpaired) electrons. The van der Waals surface area contributed by atoms with Crippen molar-refractivity contribution in [3.8, 4) is 6.07 Å². The zero-order valence-electron chi connectivity index (χ0n) is 10.4. The fourth-order valence-electron chi connectivity index (χ4n) is 3.04. The molecule has 3 heteroatoms. The van der Waals surface area contributed by atoms with Gasteiger partial charge in [-0.1, -0.05) is 12.8 Å². The molecule has 1 saturated heterocycles. The monoisotopic (exact) mass is 222 g/mol.